The Kier molecular flexibility index (Phi) is 5.05. The Labute approximate surface area is 219 Å². The lowest BCUT2D eigenvalue weighted by Crippen LogP contribution is -2.66. The first-order valence-electron chi connectivity index (χ1n) is 12.3. The van der Waals surface area contributed by atoms with Gasteiger partial charge in [0.2, 0.25) is 17.2 Å². The molecule has 0 unspecified atom stereocenters. The Morgan fingerprint density at radius 3 is 1.87 bits per heavy atom. The molecule has 4 atom stereocenters. The van der Waals surface area contributed by atoms with E-state index in [1.54, 1.807) is 106 Å². The van der Waals surface area contributed by atoms with Gasteiger partial charge in [-0.05, 0) is 17.7 Å². The third kappa shape index (κ3) is 2.82. The van der Waals surface area contributed by atoms with Crippen molar-refractivity contribution in [3.63, 3.8) is 0 Å². The quantitative estimate of drug-likeness (QED) is 0.358. The van der Waals surface area contributed by atoms with Crippen LogP contribution in [0.1, 0.15) is 37.5 Å². The van der Waals surface area contributed by atoms with Crippen LogP contribution in [0, 0.1) is 5.41 Å². The zero-order valence-electron chi connectivity index (χ0n) is 21.3. The summed E-state index contributed by atoms with van der Waals surface area (Å²) in [4.78, 5) is 42.4. The van der Waals surface area contributed by atoms with Gasteiger partial charge >= 0.3 is 11.9 Å². The van der Waals surface area contributed by atoms with Crippen molar-refractivity contribution in [2.75, 3.05) is 7.11 Å². The van der Waals surface area contributed by atoms with Crippen LogP contribution in [0.2, 0.25) is 0 Å². The second kappa shape index (κ2) is 7.83. The molecule has 3 aliphatic rings. The largest absolute Gasteiger partial charge is 0.497 e. The molecule has 6 rings (SSSR count). The highest BCUT2D eigenvalue weighted by molar-refractivity contribution is 6.43. The van der Waals surface area contributed by atoms with Crippen LogP contribution in [0.25, 0.3) is 0 Å². The molecule has 38 heavy (non-hydrogen) atoms. The summed E-state index contributed by atoms with van der Waals surface area (Å²) in [5.41, 5.74) is -4.62. The summed E-state index contributed by atoms with van der Waals surface area (Å²) in [7, 11) is 1.51. The number of ketones is 2. The maximum Gasteiger partial charge on any atom is 0.350 e. The molecule has 0 aliphatic carbocycles. The number of hydrogen-bond acceptors (Lipinski definition) is 8. The number of Topliss-reactive ketones (excluding diaryl/α,β-unsaturated/α-hetero) is 2. The van der Waals surface area contributed by atoms with Crippen molar-refractivity contribution in [3.05, 3.63) is 102 Å². The smallest absolute Gasteiger partial charge is 0.350 e. The highest BCUT2D eigenvalue weighted by atomic mass is 17.0. The molecular weight excluding hydrogens is 488 g/mol. The van der Waals surface area contributed by atoms with Gasteiger partial charge in [0.15, 0.2) is 0 Å². The van der Waals surface area contributed by atoms with Gasteiger partial charge in [0.25, 0.3) is 11.4 Å². The molecule has 3 aromatic rings. The van der Waals surface area contributed by atoms with Gasteiger partial charge in [-0.25, -0.2) is 4.79 Å². The highest BCUT2D eigenvalue weighted by Gasteiger charge is 2.96. The van der Waals surface area contributed by atoms with Crippen LogP contribution < -0.4 is 4.74 Å². The van der Waals surface area contributed by atoms with E-state index in [4.69, 9.17) is 23.7 Å². The summed E-state index contributed by atoms with van der Waals surface area (Å²) in [6.07, 6.45) is 0. The minimum Gasteiger partial charge on any atom is -0.497 e. The van der Waals surface area contributed by atoms with Crippen molar-refractivity contribution in [3.8, 4) is 5.75 Å². The number of esters is 1. The minimum atomic E-state index is -2.34. The van der Waals surface area contributed by atoms with Crippen molar-refractivity contribution in [2.24, 2.45) is 5.41 Å². The average Bonchev–Trinajstić information content (AvgIpc) is 3.45. The third-order valence-corrected chi connectivity index (χ3v) is 7.32. The molecule has 194 valence electrons. The van der Waals surface area contributed by atoms with Crippen LogP contribution in [0.5, 0.6) is 5.75 Å². The lowest BCUT2D eigenvalue weighted by molar-refractivity contribution is -0.379. The third-order valence-electron chi connectivity index (χ3n) is 7.32. The summed E-state index contributed by atoms with van der Waals surface area (Å²) >= 11 is 0. The number of carbonyl (C=O) groups excluding carboxylic acids is 3. The number of carbonyl (C=O) groups is 3. The van der Waals surface area contributed by atoms with Gasteiger partial charge in [0.05, 0.1) is 7.11 Å². The van der Waals surface area contributed by atoms with E-state index in [1.807, 2.05) is 0 Å². The van der Waals surface area contributed by atoms with E-state index in [-0.39, 0.29) is 5.56 Å². The molecule has 0 spiro atoms. The van der Waals surface area contributed by atoms with Gasteiger partial charge in [-0.1, -0.05) is 93.6 Å². The van der Waals surface area contributed by atoms with Crippen molar-refractivity contribution in [2.45, 2.75) is 43.7 Å². The van der Waals surface area contributed by atoms with Crippen LogP contribution >= 0.6 is 0 Å². The second-order valence-electron chi connectivity index (χ2n) is 10.6. The average molecular weight is 515 g/mol. The van der Waals surface area contributed by atoms with Crippen LogP contribution in [-0.4, -0.2) is 30.2 Å². The van der Waals surface area contributed by atoms with Gasteiger partial charge in [-0.3, -0.25) is 23.8 Å². The highest BCUT2D eigenvalue weighted by Crippen LogP contribution is 2.74. The van der Waals surface area contributed by atoms with E-state index in [1.165, 1.54) is 7.11 Å². The number of methoxy groups -OCH3 is 1. The SMILES string of the molecule is COc1ccc([C@@]23O[C@@]4(c5ccccc5)O[C@@](c5ccccc5)(OC2=O)[C@]3(C(=O)C(=O)C(C)(C)C)O4)cc1. The summed E-state index contributed by atoms with van der Waals surface area (Å²) in [6.45, 7) is 4.87. The van der Waals surface area contributed by atoms with Crippen molar-refractivity contribution < 1.29 is 38.1 Å². The first-order chi connectivity index (χ1) is 18.1. The predicted molar refractivity (Wildman–Crippen MR) is 132 cm³/mol. The fourth-order valence-corrected chi connectivity index (χ4v) is 5.51. The molecule has 0 saturated carbocycles. The number of fused-ring (bicyclic) bond motifs is 1. The molecule has 0 radical (unpaired) electrons. The van der Waals surface area contributed by atoms with Crippen LogP contribution in [0.3, 0.4) is 0 Å². The van der Waals surface area contributed by atoms with E-state index in [9.17, 15) is 14.4 Å². The van der Waals surface area contributed by atoms with E-state index >= 15 is 0 Å². The van der Waals surface area contributed by atoms with Crippen molar-refractivity contribution >= 4 is 17.5 Å². The van der Waals surface area contributed by atoms with Crippen LogP contribution in [-0.2, 0) is 50.7 Å². The summed E-state index contributed by atoms with van der Waals surface area (Å²) in [5.74, 6) is -6.27. The Bertz CT molecular complexity index is 1450. The van der Waals surface area contributed by atoms with Gasteiger partial charge in [0, 0.05) is 16.5 Å². The van der Waals surface area contributed by atoms with Gasteiger partial charge < -0.3 is 9.47 Å². The molecule has 3 aromatic carbocycles. The molecule has 0 amide bonds. The summed E-state index contributed by atoms with van der Waals surface area (Å²) in [6, 6.07) is 23.7. The standard InChI is InChI=1S/C30H26O8/c1-26(2,3)23(31)24(32)28-27(19-15-17-22(34-4)18-16-19)25(33)35-29(28,20-11-7-5-8-12-20)38-30(36-27,37-28)21-13-9-6-10-14-21/h5-18H,1-4H3/t27-,28-,29-,30-/m1/s1. The number of hydrogen-bond donors (Lipinski definition) is 0. The fourth-order valence-electron chi connectivity index (χ4n) is 5.51. The minimum absolute atomic E-state index is 0.261. The van der Waals surface area contributed by atoms with E-state index in [0.29, 0.717) is 16.9 Å². The lowest BCUT2D eigenvalue weighted by Gasteiger charge is -2.41. The maximum atomic E-state index is 14.5. The first-order valence-corrected chi connectivity index (χ1v) is 12.3. The molecule has 0 aromatic heterocycles. The Hall–Kier alpha value is -3.85. The van der Waals surface area contributed by atoms with Gasteiger partial charge in [0.1, 0.15) is 5.75 Å². The second-order valence-corrected chi connectivity index (χ2v) is 10.6. The number of rotatable bonds is 6. The molecule has 2 bridgehead atoms. The summed E-state index contributed by atoms with van der Waals surface area (Å²) in [5, 5.41) is 0. The van der Waals surface area contributed by atoms with Crippen LogP contribution in [0.4, 0.5) is 0 Å². The molecule has 3 fully saturated rings. The lowest BCUT2D eigenvalue weighted by atomic mass is 9.67. The molecule has 0 N–H and O–H groups in total. The number of benzene rings is 3. The Balaban J connectivity index is 1.71. The monoisotopic (exact) mass is 514 g/mol. The topological polar surface area (TPSA) is 97.4 Å². The first kappa shape index (κ1) is 24.5. The van der Waals surface area contributed by atoms with Crippen molar-refractivity contribution in [1.29, 1.82) is 0 Å². The van der Waals surface area contributed by atoms with Crippen LogP contribution in [0.15, 0.2) is 84.9 Å². The molecule has 3 aliphatic heterocycles. The normalized spacial score (nSPS) is 31.2. The van der Waals surface area contributed by atoms with E-state index in [2.05, 4.69) is 0 Å². The van der Waals surface area contributed by atoms with Gasteiger partial charge in [-0.2, -0.15) is 0 Å². The molecular formula is C30H26O8. The van der Waals surface area contributed by atoms with Gasteiger partial charge in [-0.15, -0.1) is 0 Å². The van der Waals surface area contributed by atoms with Crippen molar-refractivity contribution in [1.82, 2.24) is 0 Å². The summed E-state index contributed by atoms with van der Waals surface area (Å²) < 4.78 is 30.8. The molecule has 8 heteroatoms. The Morgan fingerprint density at radius 1 is 0.737 bits per heavy atom. The fraction of sp³-hybridized carbons (Fsp3) is 0.300. The maximum absolute atomic E-state index is 14.5. The van der Waals surface area contributed by atoms with E-state index < -0.39 is 45.9 Å². The zero-order valence-corrected chi connectivity index (χ0v) is 21.3. The number of ether oxygens (including phenoxy) is 5. The Morgan fingerprint density at radius 2 is 1.32 bits per heavy atom. The molecule has 8 nitrogen and oxygen atoms in total. The molecule has 3 saturated heterocycles. The zero-order chi connectivity index (χ0) is 27.0. The van der Waals surface area contributed by atoms with E-state index in [0.717, 1.165) is 0 Å². The molecule has 3 heterocycles. The predicted octanol–water partition coefficient (Wildman–Crippen LogP) is 4.11.